The maximum atomic E-state index is 14.0. The topological polar surface area (TPSA) is 52.8 Å². The molecule has 1 aromatic heterocycles. The molecular weight excluding hydrogens is 371 g/mol. The summed E-state index contributed by atoms with van der Waals surface area (Å²) in [7, 11) is 4.00. The number of rotatable bonds is 8. The van der Waals surface area contributed by atoms with Crippen LogP contribution in [-0.4, -0.2) is 72.4 Å². The SMILES string of the molecule is Cc1ocnc1C(=O)N(CCN(C)C)C[C@@H]1CCCN(Cc2ccccc2F)C1. The molecule has 7 heteroatoms. The molecule has 1 amide bonds. The first-order valence-corrected chi connectivity index (χ1v) is 10.2. The van der Waals surface area contributed by atoms with E-state index in [-0.39, 0.29) is 11.7 Å². The summed E-state index contributed by atoms with van der Waals surface area (Å²) < 4.78 is 19.3. The molecular formula is C22H31FN4O2. The smallest absolute Gasteiger partial charge is 0.276 e. The number of amides is 1. The number of carbonyl (C=O) groups excluding carboxylic acids is 1. The predicted octanol–water partition coefficient (Wildman–Crippen LogP) is 3.04. The Morgan fingerprint density at radius 1 is 1.31 bits per heavy atom. The number of aromatic nitrogens is 1. The van der Waals surface area contributed by atoms with Crippen molar-refractivity contribution in [2.24, 2.45) is 5.92 Å². The Labute approximate surface area is 172 Å². The van der Waals surface area contributed by atoms with Crippen LogP contribution in [0.3, 0.4) is 0 Å². The molecule has 2 aromatic rings. The fourth-order valence-electron chi connectivity index (χ4n) is 3.88. The molecule has 1 atom stereocenters. The maximum absolute atomic E-state index is 14.0. The number of aryl methyl sites for hydroxylation is 1. The van der Waals surface area contributed by atoms with E-state index in [0.717, 1.165) is 38.0 Å². The molecule has 1 aliphatic rings. The van der Waals surface area contributed by atoms with E-state index in [2.05, 4.69) is 14.8 Å². The lowest BCUT2D eigenvalue weighted by atomic mass is 9.96. The lowest BCUT2D eigenvalue weighted by Crippen LogP contribution is -2.44. The number of oxazole rings is 1. The van der Waals surface area contributed by atoms with E-state index in [1.807, 2.05) is 31.1 Å². The number of hydrogen-bond acceptors (Lipinski definition) is 5. The average Bonchev–Trinajstić information content (AvgIpc) is 3.12. The van der Waals surface area contributed by atoms with Crippen molar-refractivity contribution < 1.29 is 13.6 Å². The molecule has 0 N–H and O–H groups in total. The quantitative estimate of drug-likeness (QED) is 0.679. The summed E-state index contributed by atoms with van der Waals surface area (Å²) in [5, 5.41) is 0. The standard InChI is InChI=1S/C22H31FN4O2/c1-17-21(24-16-29-17)22(28)27(12-11-25(2)3)14-18-7-6-10-26(13-18)15-19-8-4-5-9-20(19)23/h4-5,8-9,16,18H,6-7,10-15H2,1-3H3/t18-/m1/s1. The molecule has 29 heavy (non-hydrogen) atoms. The van der Waals surface area contributed by atoms with E-state index in [1.54, 1.807) is 13.0 Å². The van der Waals surface area contributed by atoms with Gasteiger partial charge < -0.3 is 14.2 Å². The summed E-state index contributed by atoms with van der Waals surface area (Å²) in [6.07, 6.45) is 3.44. The summed E-state index contributed by atoms with van der Waals surface area (Å²) in [4.78, 5) is 23.4. The fourth-order valence-corrected chi connectivity index (χ4v) is 3.88. The van der Waals surface area contributed by atoms with Crippen LogP contribution in [-0.2, 0) is 6.54 Å². The molecule has 3 rings (SSSR count). The zero-order chi connectivity index (χ0) is 20.8. The van der Waals surface area contributed by atoms with E-state index in [9.17, 15) is 9.18 Å². The van der Waals surface area contributed by atoms with Gasteiger partial charge >= 0.3 is 0 Å². The van der Waals surface area contributed by atoms with E-state index in [4.69, 9.17) is 4.42 Å². The van der Waals surface area contributed by atoms with Crippen LogP contribution in [0.25, 0.3) is 0 Å². The van der Waals surface area contributed by atoms with Gasteiger partial charge in [-0.25, -0.2) is 9.37 Å². The van der Waals surface area contributed by atoms with E-state index in [1.165, 1.54) is 12.5 Å². The van der Waals surface area contributed by atoms with Crippen molar-refractivity contribution in [3.63, 3.8) is 0 Å². The summed E-state index contributed by atoms with van der Waals surface area (Å²) >= 11 is 0. The Hall–Kier alpha value is -2.25. The second-order valence-corrected chi connectivity index (χ2v) is 8.15. The van der Waals surface area contributed by atoms with Gasteiger partial charge in [0.05, 0.1) is 0 Å². The minimum atomic E-state index is -0.154. The fraction of sp³-hybridized carbons (Fsp3) is 0.545. The molecule has 0 aliphatic carbocycles. The van der Waals surface area contributed by atoms with Gasteiger partial charge in [-0.1, -0.05) is 18.2 Å². The van der Waals surface area contributed by atoms with Crippen molar-refractivity contribution >= 4 is 5.91 Å². The molecule has 0 spiro atoms. The number of likely N-dealkylation sites (N-methyl/N-ethyl adjacent to an activating group) is 1. The van der Waals surface area contributed by atoms with Crippen LogP contribution < -0.4 is 0 Å². The highest BCUT2D eigenvalue weighted by Crippen LogP contribution is 2.21. The Morgan fingerprint density at radius 2 is 2.10 bits per heavy atom. The van der Waals surface area contributed by atoms with Crippen molar-refractivity contribution in [3.8, 4) is 0 Å². The highest BCUT2D eigenvalue weighted by atomic mass is 19.1. The summed E-state index contributed by atoms with van der Waals surface area (Å²) in [6, 6.07) is 6.96. The van der Waals surface area contributed by atoms with Gasteiger partial charge in [0.25, 0.3) is 5.91 Å². The normalized spacial score (nSPS) is 17.6. The third kappa shape index (κ3) is 5.87. The van der Waals surface area contributed by atoms with Gasteiger partial charge in [-0.15, -0.1) is 0 Å². The predicted molar refractivity (Wildman–Crippen MR) is 110 cm³/mol. The largest absolute Gasteiger partial charge is 0.448 e. The van der Waals surface area contributed by atoms with Crippen molar-refractivity contribution in [1.82, 2.24) is 19.7 Å². The first kappa shape index (κ1) is 21.5. The van der Waals surface area contributed by atoms with Gasteiger partial charge in [0.1, 0.15) is 11.6 Å². The van der Waals surface area contributed by atoms with Crippen LogP contribution in [0.1, 0.15) is 34.7 Å². The molecule has 0 bridgehead atoms. The van der Waals surface area contributed by atoms with Crippen LogP contribution in [0.15, 0.2) is 35.1 Å². The Balaban J connectivity index is 1.65. The van der Waals surface area contributed by atoms with Crippen LogP contribution in [0.4, 0.5) is 4.39 Å². The molecule has 1 fully saturated rings. The number of likely N-dealkylation sites (tertiary alicyclic amines) is 1. The highest BCUT2D eigenvalue weighted by molar-refractivity contribution is 5.93. The molecule has 1 aliphatic heterocycles. The lowest BCUT2D eigenvalue weighted by molar-refractivity contribution is 0.0653. The van der Waals surface area contributed by atoms with Crippen LogP contribution in [0.5, 0.6) is 0 Å². The Bertz CT molecular complexity index is 808. The third-order valence-electron chi connectivity index (χ3n) is 5.49. The number of carbonyl (C=O) groups is 1. The number of nitrogens with zero attached hydrogens (tertiary/aromatic N) is 4. The zero-order valence-corrected chi connectivity index (χ0v) is 17.6. The highest BCUT2D eigenvalue weighted by Gasteiger charge is 2.27. The van der Waals surface area contributed by atoms with Crippen molar-refractivity contribution in [2.45, 2.75) is 26.3 Å². The second kappa shape index (κ2) is 9.98. The van der Waals surface area contributed by atoms with Crippen LogP contribution in [0.2, 0.25) is 0 Å². The van der Waals surface area contributed by atoms with Crippen LogP contribution in [0, 0.1) is 18.7 Å². The van der Waals surface area contributed by atoms with Crippen LogP contribution >= 0.6 is 0 Å². The molecule has 0 saturated carbocycles. The van der Waals surface area contributed by atoms with Gasteiger partial charge in [-0.2, -0.15) is 0 Å². The Kier molecular flexibility index (Phi) is 7.39. The van der Waals surface area contributed by atoms with Gasteiger partial charge in [0.2, 0.25) is 0 Å². The van der Waals surface area contributed by atoms with E-state index >= 15 is 0 Å². The minimum Gasteiger partial charge on any atom is -0.448 e. The lowest BCUT2D eigenvalue weighted by Gasteiger charge is -2.36. The van der Waals surface area contributed by atoms with Crippen molar-refractivity contribution in [3.05, 3.63) is 53.5 Å². The Morgan fingerprint density at radius 3 is 2.79 bits per heavy atom. The van der Waals surface area contributed by atoms with Crippen molar-refractivity contribution in [1.29, 1.82) is 0 Å². The molecule has 0 radical (unpaired) electrons. The van der Waals surface area contributed by atoms with Gasteiger partial charge in [-0.05, 0) is 52.4 Å². The molecule has 2 heterocycles. The first-order valence-electron chi connectivity index (χ1n) is 10.2. The molecule has 1 aromatic carbocycles. The molecule has 6 nitrogen and oxygen atoms in total. The van der Waals surface area contributed by atoms with Gasteiger partial charge in [0.15, 0.2) is 12.1 Å². The summed E-state index contributed by atoms with van der Waals surface area (Å²) in [5.41, 5.74) is 1.12. The second-order valence-electron chi connectivity index (χ2n) is 8.15. The number of hydrogen-bond donors (Lipinski definition) is 0. The van der Waals surface area contributed by atoms with Gasteiger partial charge in [0, 0.05) is 38.3 Å². The molecule has 158 valence electrons. The number of piperidine rings is 1. The molecule has 1 saturated heterocycles. The number of benzene rings is 1. The number of halogens is 1. The van der Waals surface area contributed by atoms with Crippen molar-refractivity contribution in [2.75, 3.05) is 46.8 Å². The summed E-state index contributed by atoms with van der Waals surface area (Å²) in [5.74, 6) is 0.673. The third-order valence-corrected chi connectivity index (χ3v) is 5.49. The van der Waals surface area contributed by atoms with E-state index in [0.29, 0.717) is 37.0 Å². The minimum absolute atomic E-state index is 0.0793. The zero-order valence-electron chi connectivity index (χ0n) is 17.6. The first-order chi connectivity index (χ1) is 13.9. The molecule has 0 unspecified atom stereocenters. The van der Waals surface area contributed by atoms with E-state index < -0.39 is 0 Å². The maximum Gasteiger partial charge on any atom is 0.276 e. The average molecular weight is 403 g/mol. The summed E-state index contributed by atoms with van der Waals surface area (Å²) in [6.45, 7) is 6.29. The van der Waals surface area contributed by atoms with Gasteiger partial charge in [-0.3, -0.25) is 9.69 Å². The monoisotopic (exact) mass is 402 g/mol.